The zero-order valence-electron chi connectivity index (χ0n) is 15.4. The van der Waals surface area contributed by atoms with Crippen LogP contribution in [0.5, 0.6) is 23.0 Å². The average molecular weight is 400 g/mol. The summed E-state index contributed by atoms with van der Waals surface area (Å²) in [6, 6.07) is 8.00. The van der Waals surface area contributed by atoms with Crippen LogP contribution >= 0.6 is 0 Å². The molecule has 0 bridgehead atoms. The maximum absolute atomic E-state index is 12.2. The van der Waals surface area contributed by atoms with Gasteiger partial charge in [0, 0.05) is 0 Å². The molecule has 29 heavy (non-hydrogen) atoms. The van der Waals surface area contributed by atoms with Gasteiger partial charge in [0.2, 0.25) is 0 Å². The van der Waals surface area contributed by atoms with Gasteiger partial charge >= 0.3 is 0 Å². The lowest BCUT2D eigenvalue weighted by Gasteiger charge is -2.10. The zero-order valence-corrected chi connectivity index (χ0v) is 15.4. The largest absolute Gasteiger partial charge is 0.504 e. The van der Waals surface area contributed by atoms with E-state index in [9.17, 15) is 30.0 Å². The molecule has 0 aromatic heterocycles. The van der Waals surface area contributed by atoms with Crippen LogP contribution in [-0.4, -0.2) is 44.7 Å². The van der Waals surface area contributed by atoms with Crippen LogP contribution in [0.2, 0.25) is 0 Å². The lowest BCUT2D eigenvalue weighted by molar-refractivity contribution is -0.135. The van der Waals surface area contributed by atoms with Crippen molar-refractivity contribution in [1.29, 1.82) is 0 Å². The molecule has 0 radical (unpaired) electrons. The molecule has 0 unspecified atom stereocenters. The zero-order chi connectivity index (χ0) is 21.4. The first-order chi connectivity index (χ1) is 13.8. The van der Waals surface area contributed by atoms with Crippen LogP contribution in [0.3, 0.4) is 0 Å². The van der Waals surface area contributed by atoms with E-state index in [1.165, 1.54) is 48.8 Å². The number of hydrogen-bond donors (Lipinski definition) is 6. The first kappa shape index (κ1) is 21.2. The highest BCUT2D eigenvalue weighted by atomic mass is 16.3. The summed E-state index contributed by atoms with van der Waals surface area (Å²) in [5.74, 6) is -3.57. The Morgan fingerprint density at radius 2 is 1.24 bits per heavy atom. The minimum Gasteiger partial charge on any atom is -0.504 e. The van der Waals surface area contributed by atoms with Crippen molar-refractivity contribution in [1.82, 2.24) is 10.9 Å². The second-order valence-corrected chi connectivity index (χ2v) is 5.93. The van der Waals surface area contributed by atoms with E-state index in [0.29, 0.717) is 11.1 Å². The molecule has 0 heterocycles. The molecule has 0 aliphatic carbocycles. The quantitative estimate of drug-likeness (QED) is 0.177. The first-order valence-corrected chi connectivity index (χ1v) is 8.51. The number of phenolic OH excluding ortho intramolecular Hbond substituents is 4. The van der Waals surface area contributed by atoms with Gasteiger partial charge in [-0.05, 0) is 53.9 Å². The summed E-state index contributed by atoms with van der Waals surface area (Å²) in [6.07, 6.45) is 2.69. The molecular formula is C19H20N4O6. The Morgan fingerprint density at radius 1 is 0.828 bits per heavy atom. The average Bonchev–Trinajstić information content (AvgIpc) is 2.68. The standard InChI is InChI=1S/C19H20N4O6/c1-2-13(18(28)22-20-9-11-3-5-14(24)16(26)7-11)19(29)23-21-10-12-4-6-15(25)17(27)8-12/h3-10,13,24-27H,2H2,1H3,(H,22,28)(H,23,29)/b20-9-,21-10-. The van der Waals surface area contributed by atoms with Gasteiger partial charge < -0.3 is 20.4 Å². The van der Waals surface area contributed by atoms with E-state index in [1.54, 1.807) is 6.92 Å². The molecule has 2 aromatic rings. The van der Waals surface area contributed by atoms with E-state index in [-0.39, 0.29) is 29.4 Å². The van der Waals surface area contributed by atoms with E-state index in [2.05, 4.69) is 21.1 Å². The van der Waals surface area contributed by atoms with Crippen molar-refractivity contribution in [3.05, 3.63) is 47.5 Å². The summed E-state index contributed by atoms with van der Waals surface area (Å²) in [5.41, 5.74) is 5.32. The van der Waals surface area contributed by atoms with Crippen molar-refractivity contribution in [2.75, 3.05) is 0 Å². The number of benzene rings is 2. The van der Waals surface area contributed by atoms with E-state index in [4.69, 9.17) is 0 Å². The molecule has 6 N–H and O–H groups in total. The Bertz CT molecular complexity index is 882. The minimum absolute atomic E-state index is 0.197. The third-order valence-electron chi connectivity index (χ3n) is 3.82. The maximum Gasteiger partial charge on any atom is 0.252 e. The first-order valence-electron chi connectivity index (χ1n) is 8.51. The second kappa shape index (κ2) is 9.74. The Balaban J connectivity index is 1.92. The third kappa shape index (κ3) is 5.96. The SMILES string of the molecule is CCC(C(=O)N/N=C\c1ccc(O)c(O)c1)C(=O)N/N=C\c1ccc(O)c(O)c1. The number of phenols is 4. The topological polar surface area (TPSA) is 164 Å². The van der Waals surface area contributed by atoms with Gasteiger partial charge in [-0.1, -0.05) is 6.92 Å². The van der Waals surface area contributed by atoms with Gasteiger partial charge in [-0.3, -0.25) is 9.59 Å². The van der Waals surface area contributed by atoms with Crippen molar-refractivity contribution in [3.8, 4) is 23.0 Å². The van der Waals surface area contributed by atoms with E-state index < -0.39 is 17.7 Å². The molecule has 10 heteroatoms. The van der Waals surface area contributed by atoms with E-state index in [0.717, 1.165) is 0 Å². The number of nitrogens with one attached hydrogen (secondary N) is 2. The summed E-state index contributed by atoms with van der Waals surface area (Å²) in [6.45, 7) is 1.65. The van der Waals surface area contributed by atoms with Crippen LogP contribution in [0, 0.1) is 5.92 Å². The molecule has 152 valence electrons. The van der Waals surface area contributed by atoms with Crippen LogP contribution in [0.25, 0.3) is 0 Å². The van der Waals surface area contributed by atoms with Gasteiger partial charge in [0.15, 0.2) is 23.0 Å². The Labute approximate surface area is 165 Å². The van der Waals surface area contributed by atoms with Gasteiger partial charge in [0.25, 0.3) is 11.8 Å². The summed E-state index contributed by atoms with van der Waals surface area (Å²) < 4.78 is 0. The predicted octanol–water partition coefficient (Wildman–Crippen LogP) is 1.14. The molecule has 10 nitrogen and oxygen atoms in total. The second-order valence-electron chi connectivity index (χ2n) is 5.93. The summed E-state index contributed by atoms with van der Waals surface area (Å²) in [4.78, 5) is 24.3. The molecule has 0 aliphatic heterocycles. The van der Waals surface area contributed by atoms with Gasteiger partial charge in [-0.25, -0.2) is 10.9 Å². The van der Waals surface area contributed by atoms with E-state index >= 15 is 0 Å². The van der Waals surface area contributed by atoms with Crippen LogP contribution in [0.4, 0.5) is 0 Å². The van der Waals surface area contributed by atoms with E-state index in [1.807, 2.05) is 0 Å². The maximum atomic E-state index is 12.2. The third-order valence-corrected chi connectivity index (χ3v) is 3.82. The highest BCUT2D eigenvalue weighted by molar-refractivity contribution is 6.00. The minimum atomic E-state index is -1.05. The fourth-order valence-electron chi connectivity index (χ4n) is 2.23. The van der Waals surface area contributed by atoms with Crippen LogP contribution in [0.1, 0.15) is 24.5 Å². The van der Waals surface area contributed by atoms with Crippen LogP contribution < -0.4 is 10.9 Å². The normalized spacial score (nSPS) is 11.2. The smallest absolute Gasteiger partial charge is 0.252 e. The summed E-state index contributed by atoms with van der Waals surface area (Å²) in [7, 11) is 0. The molecule has 2 aromatic carbocycles. The van der Waals surface area contributed by atoms with Crippen molar-refractivity contribution in [2.45, 2.75) is 13.3 Å². The van der Waals surface area contributed by atoms with Crippen molar-refractivity contribution < 1.29 is 30.0 Å². The van der Waals surface area contributed by atoms with Gasteiger partial charge in [0.05, 0.1) is 12.4 Å². The predicted molar refractivity (Wildman–Crippen MR) is 105 cm³/mol. The van der Waals surface area contributed by atoms with Gasteiger partial charge in [-0.15, -0.1) is 0 Å². The van der Waals surface area contributed by atoms with Gasteiger partial charge in [-0.2, -0.15) is 10.2 Å². The lowest BCUT2D eigenvalue weighted by atomic mass is 10.1. The van der Waals surface area contributed by atoms with Crippen molar-refractivity contribution >= 4 is 24.2 Å². The van der Waals surface area contributed by atoms with Gasteiger partial charge in [0.1, 0.15) is 5.92 Å². The van der Waals surface area contributed by atoms with Crippen molar-refractivity contribution in [3.63, 3.8) is 0 Å². The Hall–Kier alpha value is -4.08. The lowest BCUT2D eigenvalue weighted by Crippen LogP contribution is -2.37. The highest BCUT2D eigenvalue weighted by Crippen LogP contribution is 2.24. The number of hydrazone groups is 2. The number of hydrogen-bond acceptors (Lipinski definition) is 8. The van der Waals surface area contributed by atoms with Crippen LogP contribution in [-0.2, 0) is 9.59 Å². The number of carbonyl (C=O) groups is 2. The summed E-state index contributed by atoms with van der Waals surface area (Å²) in [5, 5.41) is 44.8. The number of carbonyl (C=O) groups excluding carboxylic acids is 2. The molecule has 2 rings (SSSR count). The molecule has 0 saturated carbocycles. The molecule has 0 spiro atoms. The molecule has 0 aliphatic rings. The monoisotopic (exact) mass is 400 g/mol. The molecule has 0 saturated heterocycles. The molecule has 0 atom stereocenters. The number of nitrogens with zero attached hydrogens (tertiary/aromatic N) is 2. The highest BCUT2D eigenvalue weighted by Gasteiger charge is 2.24. The molecule has 0 fully saturated rings. The Kier molecular flexibility index (Phi) is 7.13. The number of amides is 2. The van der Waals surface area contributed by atoms with Crippen LogP contribution in [0.15, 0.2) is 46.6 Å². The molecular weight excluding hydrogens is 380 g/mol. The van der Waals surface area contributed by atoms with Crippen molar-refractivity contribution in [2.24, 2.45) is 16.1 Å². The Morgan fingerprint density at radius 3 is 1.59 bits per heavy atom. The summed E-state index contributed by atoms with van der Waals surface area (Å²) >= 11 is 0. The molecule has 2 amide bonds. The number of rotatable bonds is 7. The fourth-order valence-corrected chi connectivity index (χ4v) is 2.23. The fraction of sp³-hybridized carbons (Fsp3) is 0.158. The number of aromatic hydroxyl groups is 4.